The van der Waals surface area contributed by atoms with E-state index in [0.29, 0.717) is 5.92 Å². The zero-order valence-corrected chi connectivity index (χ0v) is 11.1. The van der Waals surface area contributed by atoms with E-state index < -0.39 is 0 Å². The van der Waals surface area contributed by atoms with Crippen molar-refractivity contribution in [1.82, 2.24) is 0 Å². The quantitative estimate of drug-likeness (QED) is 0.702. The van der Waals surface area contributed by atoms with E-state index in [1.54, 1.807) is 0 Å². The third-order valence-electron chi connectivity index (χ3n) is 3.67. The summed E-state index contributed by atoms with van der Waals surface area (Å²) in [6, 6.07) is 0. The highest BCUT2D eigenvalue weighted by atomic mass is 32.2. The van der Waals surface area contributed by atoms with Crippen LogP contribution in [0, 0.1) is 11.8 Å². The summed E-state index contributed by atoms with van der Waals surface area (Å²) in [7, 11) is 0. The standard InChI is InChI=1S/C13H26OS/c1-3-5-11-7-8-13(14)12(10-11)6-4-9-15-2/h11-14H,3-10H2,1-2H3. The maximum atomic E-state index is 9.95. The maximum absolute atomic E-state index is 9.95. The molecule has 15 heavy (non-hydrogen) atoms. The van der Waals surface area contributed by atoms with Crippen LogP contribution in [0.25, 0.3) is 0 Å². The molecule has 0 aliphatic heterocycles. The third-order valence-corrected chi connectivity index (χ3v) is 4.37. The highest BCUT2D eigenvalue weighted by molar-refractivity contribution is 7.98. The smallest absolute Gasteiger partial charge is 0.0568 e. The first-order valence-electron chi connectivity index (χ1n) is 6.45. The first-order valence-corrected chi connectivity index (χ1v) is 7.84. The van der Waals surface area contributed by atoms with Crippen molar-refractivity contribution in [1.29, 1.82) is 0 Å². The van der Waals surface area contributed by atoms with Gasteiger partial charge in [-0.25, -0.2) is 0 Å². The van der Waals surface area contributed by atoms with Gasteiger partial charge in [0.25, 0.3) is 0 Å². The fraction of sp³-hybridized carbons (Fsp3) is 1.00. The van der Waals surface area contributed by atoms with Gasteiger partial charge in [0.1, 0.15) is 0 Å². The van der Waals surface area contributed by atoms with Crippen LogP contribution >= 0.6 is 11.8 Å². The van der Waals surface area contributed by atoms with Gasteiger partial charge in [0, 0.05) is 0 Å². The molecule has 1 saturated carbocycles. The first-order chi connectivity index (χ1) is 7.27. The molecule has 0 amide bonds. The van der Waals surface area contributed by atoms with E-state index in [-0.39, 0.29) is 6.10 Å². The maximum Gasteiger partial charge on any atom is 0.0568 e. The van der Waals surface area contributed by atoms with Crippen LogP contribution in [0.2, 0.25) is 0 Å². The predicted molar refractivity (Wildman–Crippen MR) is 69.4 cm³/mol. The van der Waals surface area contributed by atoms with E-state index in [2.05, 4.69) is 13.2 Å². The Kier molecular flexibility index (Phi) is 6.74. The molecule has 0 spiro atoms. The highest BCUT2D eigenvalue weighted by Crippen LogP contribution is 2.34. The summed E-state index contributed by atoms with van der Waals surface area (Å²) in [5.41, 5.74) is 0. The average Bonchev–Trinajstić information content (AvgIpc) is 2.23. The Morgan fingerprint density at radius 3 is 2.73 bits per heavy atom. The van der Waals surface area contributed by atoms with Gasteiger partial charge in [-0.3, -0.25) is 0 Å². The van der Waals surface area contributed by atoms with Crippen molar-refractivity contribution in [3.05, 3.63) is 0 Å². The van der Waals surface area contributed by atoms with Crippen LogP contribution in [0.3, 0.4) is 0 Å². The fourth-order valence-electron chi connectivity index (χ4n) is 2.82. The summed E-state index contributed by atoms with van der Waals surface area (Å²) >= 11 is 1.92. The van der Waals surface area contributed by atoms with E-state index in [9.17, 15) is 5.11 Å². The van der Waals surface area contributed by atoms with E-state index in [4.69, 9.17) is 0 Å². The molecule has 3 unspecified atom stereocenters. The Morgan fingerprint density at radius 1 is 1.27 bits per heavy atom. The van der Waals surface area contributed by atoms with Gasteiger partial charge < -0.3 is 5.11 Å². The van der Waals surface area contributed by atoms with E-state index in [0.717, 1.165) is 12.3 Å². The SMILES string of the molecule is CCCC1CCC(O)C(CCCSC)C1. The lowest BCUT2D eigenvalue weighted by Gasteiger charge is -2.33. The van der Waals surface area contributed by atoms with Gasteiger partial charge in [0.05, 0.1) is 6.10 Å². The molecule has 0 radical (unpaired) electrons. The summed E-state index contributed by atoms with van der Waals surface area (Å²) in [6.07, 6.45) is 10.9. The molecule has 0 saturated heterocycles. The van der Waals surface area contributed by atoms with Crippen molar-refractivity contribution in [2.24, 2.45) is 11.8 Å². The molecular formula is C13H26OS. The molecule has 0 aromatic rings. The second-order valence-corrected chi connectivity index (χ2v) is 5.92. The number of hydrogen-bond donors (Lipinski definition) is 1. The average molecular weight is 230 g/mol. The minimum absolute atomic E-state index is 0.0000350. The molecule has 2 heteroatoms. The molecule has 1 aliphatic rings. The van der Waals surface area contributed by atoms with Crippen molar-refractivity contribution in [3.8, 4) is 0 Å². The molecule has 1 fully saturated rings. The zero-order valence-electron chi connectivity index (χ0n) is 10.2. The fourth-order valence-corrected chi connectivity index (χ4v) is 3.27. The molecule has 1 nitrogen and oxygen atoms in total. The van der Waals surface area contributed by atoms with E-state index in [1.165, 1.54) is 44.3 Å². The second kappa shape index (κ2) is 7.56. The molecule has 0 aromatic heterocycles. The first kappa shape index (κ1) is 13.4. The van der Waals surface area contributed by atoms with Crippen LogP contribution in [0.4, 0.5) is 0 Å². The monoisotopic (exact) mass is 230 g/mol. The molecule has 0 aromatic carbocycles. The molecule has 1 rings (SSSR count). The predicted octanol–water partition coefficient (Wildman–Crippen LogP) is 3.71. The number of aliphatic hydroxyl groups excluding tert-OH is 1. The normalized spacial score (nSPS) is 31.8. The lowest BCUT2D eigenvalue weighted by molar-refractivity contribution is 0.0417. The zero-order chi connectivity index (χ0) is 11.1. The molecule has 3 atom stereocenters. The van der Waals surface area contributed by atoms with Crippen molar-refractivity contribution < 1.29 is 5.11 Å². The van der Waals surface area contributed by atoms with Crippen molar-refractivity contribution in [2.45, 2.75) is 58.0 Å². The number of aliphatic hydroxyl groups is 1. The Labute approximate surface area is 99.0 Å². The summed E-state index contributed by atoms with van der Waals surface area (Å²) in [4.78, 5) is 0. The molecule has 1 aliphatic carbocycles. The Balaban J connectivity index is 2.26. The van der Waals surface area contributed by atoms with E-state index in [1.807, 2.05) is 11.8 Å². The van der Waals surface area contributed by atoms with Crippen LogP contribution < -0.4 is 0 Å². The number of hydrogen-bond acceptors (Lipinski definition) is 2. The molecule has 1 N–H and O–H groups in total. The van der Waals surface area contributed by atoms with Crippen molar-refractivity contribution in [2.75, 3.05) is 12.0 Å². The Bertz CT molecular complexity index is 161. The highest BCUT2D eigenvalue weighted by Gasteiger charge is 2.27. The Hall–Kier alpha value is 0.310. The summed E-state index contributed by atoms with van der Waals surface area (Å²) in [5.74, 6) is 2.75. The molecular weight excluding hydrogens is 204 g/mol. The lowest BCUT2D eigenvalue weighted by atomic mass is 9.76. The topological polar surface area (TPSA) is 20.2 Å². The van der Waals surface area contributed by atoms with Gasteiger partial charge in [-0.15, -0.1) is 0 Å². The lowest BCUT2D eigenvalue weighted by Crippen LogP contribution is -2.29. The summed E-state index contributed by atoms with van der Waals surface area (Å²) < 4.78 is 0. The third kappa shape index (κ3) is 4.78. The van der Waals surface area contributed by atoms with Crippen LogP contribution in [-0.2, 0) is 0 Å². The molecule has 0 bridgehead atoms. The number of rotatable bonds is 6. The molecule has 90 valence electrons. The van der Waals surface area contributed by atoms with Crippen LogP contribution in [0.1, 0.15) is 51.9 Å². The van der Waals surface area contributed by atoms with Crippen LogP contribution in [0.15, 0.2) is 0 Å². The van der Waals surface area contributed by atoms with Crippen molar-refractivity contribution in [3.63, 3.8) is 0 Å². The number of thioether (sulfide) groups is 1. The van der Waals surface area contributed by atoms with Crippen molar-refractivity contribution >= 4 is 11.8 Å². The van der Waals surface area contributed by atoms with Crippen LogP contribution in [0.5, 0.6) is 0 Å². The van der Waals surface area contributed by atoms with Gasteiger partial charge >= 0.3 is 0 Å². The van der Waals surface area contributed by atoms with Gasteiger partial charge in [-0.1, -0.05) is 19.8 Å². The summed E-state index contributed by atoms with van der Waals surface area (Å²) in [6.45, 7) is 2.27. The van der Waals surface area contributed by atoms with Gasteiger partial charge in [-0.05, 0) is 55.9 Å². The minimum atomic E-state index is -0.0000350. The van der Waals surface area contributed by atoms with E-state index >= 15 is 0 Å². The van der Waals surface area contributed by atoms with Gasteiger partial charge in [-0.2, -0.15) is 11.8 Å². The van der Waals surface area contributed by atoms with Gasteiger partial charge in [0.15, 0.2) is 0 Å². The van der Waals surface area contributed by atoms with Gasteiger partial charge in [0.2, 0.25) is 0 Å². The molecule has 0 heterocycles. The second-order valence-electron chi connectivity index (χ2n) is 4.93. The Morgan fingerprint density at radius 2 is 2.07 bits per heavy atom. The largest absolute Gasteiger partial charge is 0.393 e. The minimum Gasteiger partial charge on any atom is -0.393 e. The summed E-state index contributed by atoms with van der Waals surface area (Å²) in [5, 5.41) is 9.95. The van der Waals surface area contributed by atoms with Crippen LogP contribution in [-0.4, -0.2) is 23.2 Å².